The number of nitrogens with two attached hydrogens (primary N) is 2. The van der Waals surface area contributed by atoms with Gasteiger partial charge in [-0.1, -0.05) is 0 Å². The highest BCUT2D eigenvalue weighted by molar-refractivity contribution is 7.19. The number of amides is 1. The zero-order valence-corrected chi connectivity index (χ0v) is 13.5. The fraction of sp³-hybridized carbons (Fsp3) is 0.571. The van der Waals surface area contributed by atoms with E-state index in [-0.39, 0.29) is 11.5 Å². The molecule has 0 bridgehead atoms. The summed E-state index contributed by atoms with van der Waals surface area (Å²) in [4.78, 5) is 28.2. The minimum atomic E-state index is -0.568. The molecular formula is C14H22N4O2S. The Morgan fingerprint density at radius 1 is 1.43 bits per heavy atom. The van der Waals surface area contributed by atoms with Crippen LogP contribution in [0.3, 0.4) is 0 Å². The number of carbonyl (C=O) groups is 2. The molecular weight excluding hydrogens is 288 g/mol. The minimum absolute atomic E-state index is 0.130. The van der Waals surface area contributed by atoms with Crippen molar-refractivity contribution in [3.63, 3.8) is 0 Å². The second-order valence-corrected chi connectivity index (χ2v) is 6.70. The molecule has 1 atom stereocenters. The number of anilines is 2. The predicted octanol–water partition coefficient (Wildman–Crippen LogP) is 1.16. The number of thiophene rings is 1. The number of Topliss-reactive ketones (excluding diaryl/α,β-unsaturated/α-hetero) is 1. The molecule has 1 unspecified atom stereocenters. The van der Waals surface area contributed by atoms with E-state index in [2.05, 4.69) is 9.80 Å². The molecule has 0 spiro atoms. The molecule has 0 radical (unpaired) electrons. The van der Waals surface area contributed by atoms with Crippen LogP contribution in [0.4, 0.5) is 10.7 Å². The second kappa shape index (κ2) is 6.03. The van der Waals surface area contributed by atoms with E-state index < -0.39 is 5.91 Å². The Morgan fingerprint density at radius 3 is 2.62 bits per heavy atom. The molecule has 1 fully saturated rings. The van der Waals surface area contributed by atoms with Crippen LogP contribution in [-0.2, 0) is 0 Å². The molecule has 7 heteroatoms. The van der Waals surface area contributed by atoms with Gasteiger partial charge in [-0.25, -0.2) is 0 Å². The molecule has 0 aromatic carbocycles. The Hall–Kier alpha value is -1.60. The van der Waals surface area contributed by atoms with Crippen molar-refractivity contribution in [2.75, 3.05) is 37.8 Å². The van der Waals surface area contributed by atoms with Crippen LogP contribution in [0.1, 0.15) is 39.8 Å². The van der Waals surface area contributed by atoms with E-state index in [1.165, 1.54) is 18.3 Å². The van der Waals surface area contributed by atoms with Crippen LogP contribution >= 0.6 is 11.3 Å². The first-order valence-corrected chi connectivity index (χ1v) is 7.79. The molecule has 21 heavy (non-hydrogen) atoms. The Bertz CT molecular complexity index is 568. The Morgan fingerprint density at radius 2 is 2.10 bits per heavy atom. The molecule has 6 nitrogen and oxygen atoms in total. The van der Waals surface area contributed by atoms with Crippen LogP contribution in [0.5, 0.6) is 0 Å². The Labute approximate surface area is 128 Å². The van der Waals surface area contributed by atoms with E-state index in [0.29, 0.717) is 16.5 Å². The smallest absolute Gasteiger partial charge is 0.253 e. The van der Waals surface area contributed by atoms with Crippen LogP contribution in [0, 0.1) is 0 Å². The summed E-state index contributed by atoms with van der Waals surface area (Å²) in [5.74, 6) is -0.698. The predicted molar refractivity (Wildman–Crippen MR) is 86.2 cm³/mol. The molecule has 116 valence electrons. The van der Waals surface area contributed by atoms with Crippen LogP contribution in [0.25, 0.3) is 0 Å². The first-order chi connectivity index (χ1) is 9.82. The molecule has 1 saturated heterocycles. The maximum atomic E-state index is 11.8. The van der Waals surface area contributed by atoms with Crippen molar-refractivity contribution in [1.29, 1.82) is 0 Å². The van der Waals surface area contributed by atoms with Gasteiger partial charge in [0.25, 0.3) is 5.91 Å². The lowest BCUT2D eigenvalue weighted by Gasteiger charge is -2.28. The lowest BCUT2D eigenvalue weighted by molar-refractivity contribution is 0.100. The zero-order valence-electron chi connectivity index (χ0n) is 12.7. The Balaban J connectivity index is 2.45. The number of nitrogen functional groups attached to an aromatic ring is 1. The standard InChI is InChI=1S/C14H22N4O2S/c1-8(19)12-11(15)10(13(16)20)14(21-12)18-6-4-5-9(18)7-17(2)3/h9H,4-7,15H2,1-3H3,(H2,16,20). The molecule has 1 aromatic heterocycles. The van der Waals surface area contributed by atoms with Crippen molar-refractivity contribution in [2.24, 2.45) is 5.73 Å². The van der Waals surface area contributed by atoms with Crippen molar-refractivity contribution in [3.8, 4) is 0 Å². The number of hydrogen-bond donors (Lipinski definition) is 2. The number of hydrogen-bond acceptors (Lipinski definition) is 6. The third-order valence-electron chi connectivity index (χ3n) is 3.71. The van der Waals surface area contributed by atoms with Gasteiger partial charge in [0.05, 0.1) is 16.1 Å². The Kier molecular flexibility index (Phi) is 4.53. The average molecular weight is 310 g/mol. The topological polar surface area (TPSA) is 92.7 Å². The van der Waals surface area contributed by atoms with Crippen LogP contribution in [0.2, 0.25) is 0 Å². The first-order valence-electron chi connectivity index (χ1n) is 6.97. The number of carbonyl (C=O) groups excluding carboxylic acids is 2. The highest BCUT2D eigenvalue weighted by Crippen LogP contribution is 2.41. The van der Waals surface area contributed by atoms with E-state index in [1.807, 2.05) is 14.1 Å². The van der Waals surface area contributed by atoms with Gasteiger partial charge in [-0.15, -0.1) is 11.3 Å². The van der Waals surface area contributed by atoms with Gasteiger partial charge in [-0.3, -0.25) is 9.59 Å². The summed E-state index contributed by atoms with van der Waals surface area (Å²) in [6, 6.07) is 0.316. The lowest BCUT2D eigenvalue weighted by atomic mass is 10.1. The first kappa shape index (κ1) is 15.8. The van der Waals surface area contributed by atoms with Crippen LogP contribution in [0.15, 0.2) is 0 Å². The van der Waals surface area contributed by atoms with Crippen molar-refractivity contribution in [2.45, 2.75) is 25.8 Å². The van der Waals surface area contributed by atoms with E-state index in [9.17, 15) is 9.59 Å². The second-order valence-electron chi connectivity index (χ2n) is 5.70. The van der Waals surface area contributed by atoms with Gasteiger partial charge < -0.3 is 21.3 Å². The average Bonchev–Trinajstić information content (AvgIpc) is 2.92. The molecule has 0 saturated carbocycles. The summed E-state index contributed by atoms with van der Waals surface area (Å²) in [5.41, 5.74) is 12.0. The minimum Gasteiger partial charge on any atom is -0.397 e. The monoisotopic (exact) mass is 310 g/mol. The highest BCUT2D eigenvalue weighted by Gasteiger charge is 2.32. The van der Waals surface area contributed by atoms with E-state index in [1.54, 1.807) is 0 Å². The fourth-order valence-corrected chi connectivity index (χ4v) is 4.07. The molecule has 2 rings (SSSR count). The molecule has 4 N–H and O–H groups in total. The fourth-order valence-electron chi connectivity index (χ4n) is 2.85. The third kappa shape index (κ3) is 3.03. The summed E-state index contributed by atoms with van der Waals surface area (Å²) in [7, 11) is 4.05. The van der Waals surface area contributed by atoms with Gasteiger partial charge in [0.2, 0.25) is 0 Å². The van der Waals surface area contributed by atoms with Crippen LogP contribution < -0.4 is 16.4 Å². The van der Waals surface area contributed by atoms with Gasteiger partial charge in [0.1, 0.15) is 5.00 Å². The summed E-state index contributed by atoms with van der Waals surface area (Å²) in [6.45, 7) is 3.21. The van der Waals surface area contributed by atoms with Crippen molar-refractivity contribution >= 4 is 33.7 Å². The maximum Gasteiger partial charge on any atom is 0.253 e. The number of nitrogens with zero attached hydrogens (tertiary/aromatic N) is 2. The van der Waals surface area contributed by atoms with Gasteiger partial charge in [-0.2, -0.15) is 0 Å². The quantitative estimate of drug-likeness (QED) is 0.796. The van der Waals surface area contributed by atoms with Crippen molar-refractivity contribution < 1.29 is 9.59 Å². The van der Waals surface area contributed by atoms with E-state index in [4.69, 9.17) is 11.5 Å². The number of rotatable bonds is 5. The van der Waals surface area contributed by atoms with Gasteiger partial charge in [-0.05, 0) is 26.9 Å². The summed E-state index contributed by atoms with van der Waals surface area (Å²) in [6.07, 6.45) is 2.12. The zero-order chi connectivity index (χ0) is 15.7. The highest BCUT2D eigenvalue weighted by atomic mass is 32.1. The molecule has 1 aromatic rings. The molecule has 2 heterocycles. The molecule has 1 amide bonds. The number of primary amides is 1. The summed E-state index contributed by atoms with van der Waals surface area (Å²) >= 11 is 1.28. The largest absolute Gasteiger partial charge is 0.397 e. The van der Waals surface area contributed by atoms with E-state index in [0.717, 1.165) is 30.9 Å². The summed E-state index contributed by atoms with van der Waals surface area (Å²) in [5, 5.41) is 0.745. The number of likely N-dealkylation sites (N-methyl/N-ethyl adjacent to an activating group) is 1. The van der Waals surface area contributed by atoms with Crippen molar-refractivity contribution in [1.82, 2.24) is 4.90 Å². The maximum absolute atomic E-state index is 11.8. The molecule has 1 aliphatic rings. The van der Waals surface area contributed by atoms with Gasteiger partial charge >= 0.3 is 0 Å². The SMILES string of the molecule is CC(=O)c1sc(N2CCCC2CN(C)C)c(C(N)=O)c1N. The molecule has 1 aliphatic heterocycles. The molecule has 0 aliphatic carbocycles. The van der Waals surface area contributed by atoms with Gasteiger partial charge in [0.15, 0.2) is 5.78 Å². The number of ketones is 1. The van der Waals surface area contributed by atoms with E-state index >= 15 is 0 Å². The lowest BCUT2D eigenvalue weighted by Crippen LogP contribution is -2.38. The van der Waals surface area contributed by atoms with Gasteiger partial charge in [0, 0.05) is 26.1 Å². The van der Waals surface area contributed by atoms with Crippen LogP contribution in [-0.4, -0.2) is 49.8 Å². The summed E-state index contributed by atoms with van der Waals surface area (Å²) < 4.78 is 0. The van der Waals surface area contributed by atoms with Crippen molar-refractivity contribution in [3.05, 3.63) is 10.4 Å². The third-order valence-corrected chi connectivity index (χ3v) is 5.05. The normalized spacial score (nSPS) is 18.5.